The first-order chi connectivity index (χ1) is 11.0. The lowest BCUT2D eigenvalue weighted by molar-refractivity contribution is -0.219. The van der Waals surface area contributed by atoms with Gasteiger partial charge in [-0.25, -0.2) is 4.79 Å². The Bertz CT molecular complexity index is 530. The normalized spacial score (nSPS) is 27.3. The van der Waals surface area contributed by atoms with Crippen molar-refractivity contribution in [3.63, 3.8) is 0 Å². The first-order valence-electron chi connectivity index (χ1n) is 7.23. The van der Waals surface area contributed by atoms with Crippen LogP contribution in [0.5, 0.6) is 0 Å². The van der Waals surface area contributed by atoms with Crippen molar-refractivity contribution >= 4 is 11.9 Å². The Morgan fingerprint density at radius 2 is 2.00 bits per heavy atom. The summed E-state index contributed by atoms with van der Waals surface area (Å²) in [5.41, 5.74) is 0.826. The van der Waals surface area contributed by atoms with Crippen LogP contribution in [0.4, 0.5) is 0 Å². The number of benzene rings is 1. The number of hydrogen-bond donors (Lipinski definition) is 1. The van der Waals surface area contributed by atoms with Gasteiger partial charge in [0.25, 0.3) is 0 Å². The monoisotopic (exact) mass is 324 g/mol. The smallest absolute Gasteiger partial charge is 0.338 e. The van der Waals surface area contributed by atoms with Crippen molar-refractivity contribution in [1.82, 2.24) is 0 Å². The SMILES string of the molecule is CO[C@@H]1C(OC(C)=O)COC(C(=O)OCc2ccccc2)[C@@H]1O. The van der Waals surface area contributed by atoms with Crippen LogP contribution < -0.4 is 0 Å². The topological polar surface area (TPSA) is 91.3 Å². The van der Waals surface area contributed by atoms with Crippen molar-refractivity contribution in [3.05, 3.63) is 35.9 Å². The van der Waals surface area contributed by atoms with Crippen LogP contribution in [0.15, 0.2) is 30.3 Å². The van der Waals surface area contributed by atoms with E-state index in [4.69, 9.17) is 18.9 Å². The average molecular weight is 324 g/mol. The van der Waals surface area contributed by atoms with Crippen LogP contribution in [0.1, 0.15) is 12.5 Å². The lowest BCUT2D eigenvalue weighted by Gasteiger charge is -2.37. The average Bonchev–Trinajstić information content (AvgIpc) is 2.53. The zero-order valence-electron chi connectivity index (χ0n) is 13.0. The van der Waals surface area contributed by atoms with Gasteiger partial charge in [-0.3, -0.25) is 4.79 Å². The standard InChI is InChI=1S/C16H20O7/c1-10(17)23-12-9-21-15(13(18)14(12)20-2)16(19)22-8-11-6-4-3-5-7-11/h3-7,12-15,18H,8-9H2,1-2H3/t12?,13-,14-,15?/m1/s1. The van der Waals surface area contributed by atoms with E-state index in [1.54, 1.807) is 0 Å². The van der Waals surface area contributed by atoms with Gasteiger partial charge in [0.2, 0.25) is 0 Å². The summed E-state index contributed by atoms with van der Waals surface area (Å²) in [6.07, 6.45) is -4.11. The third-order valence-electron chi connectivity index (χ3n) is 3.50. The molecule has 1 N–H and O–H groups in total. The molecule has 1 aliphatic heterocycles. The molecule has 7 heteroatoms. The lowest BCUT2D eigenvalue weighted by atomic mass is 9.99. The van der Waals surface area contributed by atoms with E-state index in [0.29, 0.717) is 0 Å². The number of carbonyl (C=O) groups is 2. The molecule has 0 amide bonds. The van der Waals surface area contributed by atoms with Gasteiger partial charge in [-0.2, -0.15) is 0 Å². The Morgan fingerprint density at radius 3 is 2.61 bits per heavy atom. The quantitative estimate of drug-likeness (QED) is 0.786. The number of aliphatic hydroxyl groups excluding tert-OH is 1. The molecule has 1 saturated heterocycles. The zero-order valence-corrected chi connectivity index (χ0v) is 13.0. The highest BCUT2D eigenvalue weighted by atomic mass is 16.6. The summed E-state index contributed by atoms with van der Waals surface area (Å²) in [4.78, 5) is 23.1. The van der Waals surface area contributed by atoms with Crippen molar-refractivity contribution in [2.45, 2.75) is 37.9 Å². The molecule has 23 heavy (non-hydrogen) atoms. The molecule has 0 spiro atoms. The second kappa shape index (κ2) is 8.05. The van der Waals surface area contributed by atoms with Crippen LogP contribution in [0.2, 0.25) is 0 Å². The summed E-state index contributed by atoms with van der Waals surface area (Å²) < 4.78 is 20.6. The van der Waals surface area contributed by atoms with Gasteiger partial charge in [-0.05, 0) is 5.56 Å². The molecule has 7 nitrogen and oxygen atoms in total. The van der Waals surface area contributed by atoms with Crippen molar-refractivity contribution in [1.29, 1.82) is 0 Å². The number of carbonyl (C=O) groups excluding carboxylic acids is 2. The minimum absolute atomic E-state index is 0.0553. The molecular weight excluding hydrogens is 304 g/mol. The molecule has 0 bridgehead atoms. The van der Waals surface area contributed by atoms with Crippen molar-refractivity contribution < 1.29 is 33.6 Å². The summed E-state index contributed by atoms with van der Waals surface area (Å²) >= 11 is 0. The summed E-state index contributed by atoms with van der Waals surface area (Å²) in [5.74, 6) is -1.21. The van der Waals surface area contributed by atoms with Gasteiger partial charge in [0, 0.05) is 14.0 Å². The molecule has 1 heterocycles. The van der Waals surface area contributed by atoms with Crippen LogP contribution in [0.25, 0.3) is 0 Å². The minimum atomic E-state index is -1.29. The predicted octanol–water partition coefficient (Wildman–Crippen LogP) is 0.436. The molecule has 1 aromatic rings. The largest absolute Gasteiger partial charge is 0.459 e. The number of esters is 2. The van der Waals surface area contributed by atoms with E-state index in [1.165, 1.54) is 14.0 Å². The van der Waals surface area contributed by atoms with Gasteiger partial charge >= 0.3 is 11.9 Å². The number of methoxy groups -OCH3 is 1. The fraction of sp³-hybridized carbons (Fsp3) is 0.500. The molecule has 0 aromatic heterocycles. The highest BCUT2D eigenvalue weighted by Crippen LogP contribution is 2.22. The van der Waals surface area contributed by atoms with Crippen LogP contribution in [-0.2, 0) is 35.1 Å². The molecule has 0 radical (unpaired) electrons. The fourth-order valence-electron chi connectivity index (χ4n) is 2.41. The van der Waals surface area contributed by atoms with Gasteiger partial charge in [0.15, 0.2) is 12.2 Å². The molecular formula is C16H20O7. The van der Waals surface area contributed by atoms with E-state index in [2.05, 4.69) is 0 Å². The maximum Gasteiger partial charge on any atom is 0.338 e. The molecule has 126 valence electrons. The van der Waals surface area contributed by atoms with E-state index in [0.717, 1.165) is 5.56 Å². The molecule has 1 aromatic carbocycles. The Labute approximate surface area is 134 Å². The first-order valence-corrected chi connectivity index (χ1v) is 7.23. The zero-order chi connectivity index (χ0) is 16.8. The van der Waals surface area contributed by atoms with Crippen molar-refractivity contribution in [2.75, 3.05) is 13.7 Å². The number of ether oxygens (including phenoxy) is 4. The van der Waals surface area contributed by atoms with E-state index in [1.807, 2.05) is 30.3 Å². The van der Waals surface area contributed by atoms with E-state index in [9.17, 15) is 14.7 Å². The number of aliphatic hydroxyl groups is 1. The summed E-state index contributed by atoms with van der Waals surface area (Å²) in [7, 11) is 1.36. The Balaban J connectivity index is 1.94. The van der Waals surface area contributed by atoms with Gasteiger partial charge < -0.3 is 24.1 Å². The van der Waals surface area contributed by atoms with Crippen LogP contribution in [0.3, 0.4) is 0 Å². The number of rotatable bonds is 5. The van der Waals surface area contributed by atoms with Crippen LogP contribution in [-0.4, -0.2) is 55.2 Å². The Hall–Kier alpha value is -1.96. The number of hydrogen-bond acceptors (Lipinski definition) is 7. The van der Waals surface area contributed by atoms with E-state index in [-0.39, 0.29) is 13.2 Å². The molecule has 4 atom stereocenters. The second-order valence-corrected chi connectivity index (χ2v) is 5.19. The third-order valence-corrected chi connectivity index (χ3v) is 3.50. The van der Waals surface area contributed by atoms with E-state index >= 15 is 0 Å². The van der Waals surface area contributed by atoms with E-state index < -0.39 is 36.4 Å². The summed E-state index contributed by atoms with van der Waals surface area (Å²) in [5, 5.41) is 10.2. The lowest BCUT2D eigenvalue weighted by Crippen LogP contribution is -2.57. The Kier molecular flexibility index (Phi) is 6.09. The van der Waals surface area contributed by atoms with Crippen LogP contribution in [0, 0.1) is 0 Å². The molecule has 2 rings (SSSR count). The highest BCUT2D eigenvalue weighted by molar-refractivity contribution is 5.76. The van der Waals surface area contributed by atoms with Gasteiger partial charge in [0.05, 0.1) is 6.61 Å². The first kappa shape index (κ1) is 17.4. The van der Waals surface area contributed by atoms with Gasteiger partial charge in [0.1, 0.15) is 18.8 Å². The highest BCUT2D eigenvalue weighted by Gasteiger charge is 2.45. The van der Waals surface area contributed by atoms with Gasteiger partial charge in [-0.1, -0.05) is 30.3 Å². The van der Waals surface area contributed by atoms with Crippen molar-refractivity contribution in [3.8, 4) is 0 Å². The third kappa shape index (κ3) is 4.51. The predicted molar refractivity (Wildman–Crippen MR) is 78.3 cm³/mol. The molecule has 0 saturated carbocycles. The maximum absolute atomic E-state index is 12.1. The van der Waals surface area contributed by atoms with Crippen molar-refractivity contribution in [2.24, 2.45) is 0 Å². The minimum Gasteiger partial charge on any atom is -0.459 e. The fourth-order valence-corrected chi connectivity index (χ4v) is 2.41. The van der Waals surface area contributed by atoms with Crippen LogP contribution >= 0.6 is 0 Å². The summed E-state index contributed by atoms with van der Waals surface area (Å²) in [6, 6.07) is 9.16. The molecule has 2 unspecified atom stereocenters. The summed E-state index contributed by atoms with van der Waals surface area (Å²) in [6.45, 7) is 1.27. The molecule has 0 aliphatic carbocycles. The van der Waals surface area contributed by atoms with Gasteiger partial charge in [-0.15, -0.1) is 0 Å². The molecule has 1 aliphatic rings. The maximum atomic E-state index is 12.1. The second-order valence-electron chi connectivity index (χ2n) is 5.19. The molecule has 1 fully saturated rings. The Morgan fingerprint density at radius 1 is 1.30 bits per heavy atom.